The number of aromatic nitrogens is 3. The average Bonchev–Trinajstić information content (AvgIpc) is 3.18. The van der Waals surface area contributed by atoms with Gasteiger partial charge in [0.15, 0.2) is 5.65 Å². The van der Waals surface area contributed by atoms with Crippen LogP contribution in [0.5, 0.6) is 5.75 Å². The molecule has 0 unspecified atom stereocenters. The van der Waals surface area contributed by atoms with Crippen LogP contribution in [-0.2, 0) is 0 Å². The largest absolute Gasteiger partial charge is 0.497 e. The van der Waals surface area contributed by atoms with E-state index in [1.807, 2.05) is 42.5 Å². The van der Waals surface area contributed by atoms with E-state index in [1.165, 1.54) is 0 Å². The topological polar surface area (TPSA) is 92.6 Å². The van der Waals surface area contributed by atoms with Crippen LogP contribution in [0.15, 0.2) is 65.3 Å². The van der Waals surface area contributed by atoms with E-state index >= 15 is 0 Å². The van der Waals surface area contributed by atoms with Gasteiger partial charge in [-0.15, -0.1) is 0 Å². The lowest BCUT2D eigenvalue weighted by atomic mass is 10.1. The molecule has 2 aromatic carbocycles. The summed E-state index contributed by atoms with van der Waals surface area (Å²) in [6, 6.07) is 16.3. The second kappa shape index (κ2) is 9.88. The number of rotatable bonds is 7. The maximum absolute atomic E-state index is 12.2. The summed E-state index contributed by atoms with van der Waals surface area (Å²) in [6.45, 7) is 0.869. The Hall–Kier alpha value is -3.30. The van der Waals surface area contributed by atoms with Gasteiger partial charge in [0.1, 0.15) is 11.6 Å². The predicted molar refractivity (Wildman–Crippen MR) is 130 cm³/mol. The molecule has 8 nitrogen and oxygen atoms in total. The maximum Gasteiger partial charge on any atom is 0.319 e. The number of urea groups is 1. The van der Waals surface area contributed by atoms with Crippen molar-refractivity contribution in [3.8, 4) is 17.0 Å². The Balaban J connectivity index is 1.43. The monoisotopic (exact) mass is 514 g/mol. The van der Waals surface area contributed by atoms with E-state index in [-0.39, 0.29) is 6.03 Å². The minimum atomic E-state index is -0.307. The van der Waals surface area contributed by atoms with Gasteiger partial charge >= 0.3 is 6.03 Å². The molecule has 0 fully saturated rings. The highest BCUT2D eigenvalue weighted by Crippen LogP contribution is 2.30. The van der Waals surface area contributed by atoms with E-state index in [1.54, 1.807) is 30.0 Å². The molecule has 10 heteroatoms. The molecule has 0 aliphatic rings. The third kappa shape index (κ3) is 4.95. The van der Waals surface area contributed by atoms with Crippen molar-refractivity contribution in [2.75, 3.05) is 30.8 Å². The Kier molecular flexibility index (Phi) is 6.77. The van der Waals surface area contributed by atoms with Crippen LogP contribution >= 0.6 is 27.5 Å². The van der Waals surface area contributed by atoms with Crippen LogP contribution < -0.4 is 20.7 Å². The number of amides is 2. The van der Waals surface area contributed by atoms with E-state index < -0.39 is 0 Å². The summed E-state index contributed by atoms with van der Waals surface area (Å²) in [7, 11) is 1.58. The summed E-state index contributed by atoms with van der Waals surface area (Å²) < 4.78 is 7.63. The zero-order valence-electron chi connectivity index (χ0n) is 17.1. The van der Waals surface area contributed by atoms with Crippen molar-refractivity contribution in [2.24, 2.45) is 0 Å². The van der Waals surface area contributed by atoms with Crippen LogP contribution in [0.3, 0.4) is 0 Å². The minimum Gasteiger partial charge on any atom is -0.497 e. The Morgan fingerprint density at radius 3 is 2.81 bits per heavy atom. The van der Waals surface area contributed by atoms with E-state index in [9.17, 15) is 4.79 Å². The van der Waals surface area contributed by atoms with E-state index in [0.717, 1.165) is 21.5 Å². The second-order valence-electron chi connectivity index (χ2n) is 6.77. The minimum absolute atomic E-state index is 0.307. The number of ether oxygens (including phenoxy) is 1. The zero-order chi connectivity index (χ0) is 22.5. The molecule has 2 aromatic heterocycles. The first-order valence-electron chi connectivity index (χ1n) is 9.77. The van der Waals surface area contributed by atoms with Crippen LogP contribution in [0.4, 0.5) is 16.3 Å². The molecular weight excluding hydrogens is 496 g/mol. The van der Waals surface area contributed by atoms with Crippen molar-refractivity contribution in [2.45, 2.75) is 0 Å². The molecule has 3 N–H and O–H groups in total. The molecule has 2 heterocycles. The fourth-order valence-electron chi connectivity index (χ4n) is 3.11. The number of halogens is 2. The quantitative estimate of drug-likeness (QED) is 0.299. The smallest absolute Gasteiger partial charge is 0.319 e. The number of nitrogens with one attached hydrogen (secondary N) is 3. The van der Waals surface area contributed by atoms with Gasteiger partial charge in [0.25, 0.3) is 0 Å². The number of hydrogen-bond donors (Lipinski definition) is 3. The highest BCUT2D eigenvalue weighted by atomic mass is 79.9. The Morgan fingerprint density at radius 2 is 2.00 bits per heavy atom. The SMILES string of the molecule is COc1cccc(NC(=O)NCCNc2cc(-c3ccccc3Cl)nc3c(Br)cnn23)c1. The normalized spacial score (nSPS) is 10.7. The third-order valence-corrected chi connectivity index (χ3v) is 5.51. The molecule has 0 saturated heterocycles. The summed E-state index contributed by atoms with van der Waals surface area (Å²) in [6.07, 6.45) is 1.68. The molecule has 32 heavy (non-hydrogen) atoms. The molecular formula is C22H20BrClN6O2. The number of anilines is 2. The summed E-state index contributed by atoms with van der Waals surface area (Å²) >= 11 is 9.85. The van der Waals surface area contributed by atoms with Gasteiger partial charge in [-0.2, -0.15) is 9.61 Å². The maximum atomic E-state index is 12.2. The number of hydrogen-bond acceptors (Lipinski definition) is 5. The van der Waals surface area contributed by atoms with Gasteiger partial charge in [-0.05, 0) is 34.1 Å². The second-order valence-corrected chi connectivity index (χ2v) is 8.04. The Morgan fingerprint density at radius 1 is 1.16 bits per heavy atom. The van der Waals surface area contributed by atoms with Gasteiger partial charge in [-0.25, -0.2) is 9.78 Å². The molecule has 4 rings (SSSR count). The van der Waals surface area contributed by atoms with Crippen molar-refractivity contribution < 1.29 is 9.53 Å². The third-order valence-electron chi connectivity index (χ3n) is 4.62. The van der Waals surface area contributed by atoms with Gasteiger partial charge in [0.2, 0.25) is 0 Å². The van der Waals surface area contributed by atoms with E-state index in [2.05, 4.69) is 42.0 Å². The lowest BCUT2D eigenvalue weighted by Crippen LogP contribution is -2.32. The van der Waals surface area contributed by atoms with Crippen molar-refractivity contribution >= 4 is 50.7 Å². The molecule has 164 valence electrons. The van der Waals surface area contributed by atoms with Crippen molar-refractivity contribution in [1.82, 2.24) is 19.9 Å². The summed E-state index contributed by atoms with van der Waals surface area (Å²) in [4.78, 5) is 16.9. The lowest BCUT2D eigenvalue weighted by Gasteiger charge is -2.12. The summed E-state index contributed by atoms with van der Waals surface area (Å²) in [5.74, 6) is 1.40. The lowest BCUT2D eigenvalue weighted by molar-refractivity contribution is 0.252. The van der Waals surface area contributed by atoms with Crippen molar-refractivity contribution in [3.63, 3.8) is 0 Å². The predicted octanol–water partition coefficient (Wildman–Crippen LogP) is 5.05. The number of carbonyl (C=O) groups is 1. The first-order chi connectivity index (χ1) is 15.5. The fourth-order valence-corrected chi connectivity index (χ4v) is 3.69. The van der Waals surface area contributed by atoms with Crippen LogP contribution in [0, 0.1) is 0 Å². The Labute approximate surface area is 198 Å². The molecule has 0 spiro atoms. The number of methoxy groups -OCH3 is 1. The molecule has 4 aromatic rings. The van der Waals surface area contributed by atoms with Crippen LogP contribution in [-0.4, -0.2) is 40.8 Å². The van der Waals surface area contributed by atoms with Crippen molar-refractivity contribution in [3.05, 3.63) is 70.3 Å². The summed E-state index contributed by atoms with van der Waals surface area (Å²) in [5, 5.41) is 13.9. The molecule has 0 aliphatic heterocycles. The van der Waals surface area contributed by atoms with E-state index in [4.69, 9.17) is 16.3 Å². The highest BCUT2D eigenvalue weighted by molar-refractivity contribution is 9.10. The molecule has 0 radical (unpaired) electrons. The van der Waals surface area contributed by atoms with E-state index in [0.29, 0.717) is 35.2 Å². The molecule has 2 amide bonds. The number of fused-ring (bicyclic) bond motifs is 1. The highest BCUT2D eigenvalue weighted by Gasteiger charge is 2.13. The average molecular weight is 516 g/mol. The van der Waals surface area contributed by atoms with Crippen molar-refractivity contribution in [1.29, 1.82) is 0 Å². The van der Waals surface area contributed by atoms with Crippen LogP contribution in [0.2, 0.25) is 5.02 Å². The molecule has 0 saturated carbocycles. The number of nitrogens with zero attached hydrogens (tertiary/aromatic N) is 3. The standard InChI is InChI=1S/C22H20BrClN6O2/c1-32-15-6-4-5-14(11-15)28-22(31)26-10-9-25-20-12-19(16-7-2-3-8-18(16)24)29-21-17(23)13-27-30(20)21/h2-8,11-13,25H,9-10H2,1H3,(H2,26,28,31). The zero-order valence-corrected chi connectivity index (χ0v) is 19.4. The van der Waals surface area contributed by atoms with Gasteiger partial charge in [-0.1, -0.05) is 35.9 Å². The first kappa shape index (κ1) is 21.9. The first-order valence-corrected chi connectivity index (χ1v) is 10.9. The fraction of sp³-hybridized carbons (Fsp3) is 0.136. The van der Waals surface area contributed by atoms with Crippen LogP contribution in [0.25, 0.3) is 16.9 Å². The van der Waals surface area contributed by atoms with Gasteiger partial charge in [-0.3, -0.25) is 0 Å². The summed E-state index contributed by atoms with van der Waals surface area (Å²) in [5.41, 5.74) is 2.85. The molecule has 0 aliphatic carbocycles. The molecule has 0 atom stereocenters. The molecule has 0 bridgehead atoms. The number of benzene rings is 2. The van der Waals surface area contributed by atoms with Crippen LogP contribution in [0.1, 0.15) is 0 Å². The van der Waals surface area contributed by atoms with Gasteiger partial charge < -0.3 is 20.7 Å². The number of carbonyl (C=O) groups excluding carboxylic acids is 1. The van der Waals surface area contributed by atoms with Gasteiger partial charge in [0.05, 0.1) is 23.5 Å². The van der Waals surface area contributed by atoms with Gasteiger partial charge in [0, 0.05) is 41.5 Å². The Bertz CT molecular complexity index is 1260.